The van der Waals surface area contributed by atoms with Crippen molar-refractivity contribution in [3.05, 3.63) is 35.9 Å². The van der Waals surface area contributed by atoms with Crippen molar-refractivity contribution in [1.82, 2.24) is 15.5 Å². The Balaban J connectivity index is 1.85. The van der Waals surface area contributed by atoms with Crippen LogP contribution in [-0.2, 0) is 16.1 Å². The molecule has 142 valence electrons. The highest BCUT2D eigenvalue weighted by Gasteiger charge is 2.37. The van der Waals surface area contributed by atoms with Crippen LogP contribution in [0.2, 0.25) is 0 Å². The smallest absolute Gasteiger partial charge is 0.325 e. The first-order chi connectivity index (χ1) is 12.5. The predicted octanol–water partition coefficient (Wildman–Crippen LogP) is 1.41. The fourth-order valence-electron chi connectivity index (χ4n) is 2.90. The zero-order valence-electron chi connectivity index (χ0n) is 15.3. The molecule has 1 aromatic rings. The van der Waals surface area contributed by atoms with Crippen molar-refractivity contribution in [3.63, 3.8) is 0 Å². The van der Waals surface area contributed by atoms with Crippen LogP contribution in [0.1, 0.15) is 38.7 Å². The van der Waals surface area contributed by atoms with Crippen LogP contribution in [0.4, 0.5) is 4.79 Å². The average Bonchev–Trinajstić information content (AvgIpc) is 2.92. The molecule has 7 nitrogen and oxygen atoms in total. The number of rotatable bonds is 9. The summed E-state index contributed by atoms with van der Waals surface area (Å²) in [4.78, 5) is 37.8. The Morgan fingerprint density at radius 1 is 1.31 bits per heavy atom. The normalized spacial score (nSPS) is 19.2. The summed E-state index contributed by atoms with van der Waals surface area (Å²) in [6.07, 6.45) is 1.19. The van der Waals surface area contributed by atoms with E-state index in [-0.39, 0.29) is 49.8 Å². The second kappa shape index (κ2) is 9.33. The van der Waals surface area contributed by atoms with Gasteiger partial charge in [-0.3, -0.25) is 14.5 Å². The van der Waals surface area contributed by atoms with Crippen molar-refractivity contribution >= 4 is 17.8 Å². The minimum atomic E-state index is -0.687. The SMILES string of the molecule is CC[C@H](C)[C@@H](CO)NC(=O)CC[C@@H]1NC(=O)N(Cc2ccccc2)C1=O. The number of urea groups is 1. The lowest BCUT2D eigenvalue weighted by molar-refractivity contribution is -0.128. The second-order valence-corrected chi connectivity index (χ2v) is 6.69. The van der Waals surface area contributed by atoms with Gasteiger partial charge in [0, 0.05) is 6.42 Å². The van der Waals surface area contributed by atoms with E-state index in [1.54, 1.807) is 0 Å². The van der Waals surface area contributed by atoms with Gasteiger partial charge in [0.25, 0.3) is 5.91 Å². The van der Waals surface area contributed by atoms with Gasteiger partial charge in [-0.15, -0.1) is 0 Å². The monoisotopic (exact) mass is 361 g/mol. The number of hydrogen-bond acceptors (Lipinski definition) is 4. The lowest BCUT2D eigenvalue weighted by Crippen LogP contribution is -2.42. The summed E-state index contributed by atoms with van der Waals surface area (Å²) in [5, 5.41) is 14.8. The molecule has 0 aromatic heterocycles. The highest BCUT2D eigenvalue weighted by atomic mass is 16.3. The molecular weight excluding hydrogens is 334 g/mol. The fourth-order valence-corrected chi connectivity index (χ4v) is 2.90. The number of amides is 4. The molecule has 7 heteroatoms. The van der Waals surface area contributed by atoms with Gasteiger partial charge in [-0.05, 0) is 17.9 Å². The minimum absolute atomic E-state index is 0.114. The van der Waals surface area contributed by atoms with Crippen LogP contribution in [0.5, 0.6) is 0 Å². The van der Waals surface area contributed by atoms with Crippen LogP contribution in [0.25, 0.3) is 0 Å². The van der Waals surface area contributed by atoms with E-state index in [0.717, 1.165) is 12.0 Å². The summed E-state index contributed by atoms with van der Waals surface area (Å²) in [6, 6.07) is 7.86. The van der Waals surface area contributed by atoms with E-state index in [1.807, 2.05) is 44.2 Å². The summed E-state index contributed by atoms with van der Waals surface area (Å²) in [6.45, 7) is 4.05. The summed E-state index contributed by atoms with van der Waals surface area (Å²) >= 11 is 0. The van der Waals surface area contributed by atoms with Crippen LogP contribution in [0.3, 0.4) is 0 Å². The number of imide groups is 1. The van der Waals surface area contributed by atoms with Crippen molar-refractivity contribution in [1.29, 1.82) is 0 Å². The maximum Gasteiger partial charge on any atom is 0.325 e. The van der Waals surface area contributed by atoms with E-state index in [4.69, 9.17) is 0 Å². The molecule has 1 aliphatic heterocycles. The molecule has 0 saturated carbocycles. The average molecular weight is 361 g/mol. The summed E-state index contributed by atoms with van der Waals surface area (Å²) in [5.74, 6) is -0.377. The van der Waals surface area contributed by atoms with E-state index in [1.165, 1.54) is 4.90 Å². The third kappa shape index (κ3) is 5.05. The lowest BCUT2D eigenvalue weighted by Gasteiger charge is -2.22. The number of nitrogens with zero attached hydrogens (tertiary/aromatic N) is 1. The standard InChI is InChI=1S/C19H27N3O4/c1-3-13(2)16(12-23)20-17(24)10-9-15-18(25)22(19(26)21-15)11-14-7-5-4-6-8-14/h4-8,13,15-16,23H,3,9-12H2,1-2H3,(H,20,24)(H,21,26)/t13-,15-,16+/m0/s1. The molecule has 0 unspecified atom stereocenters. The Morgan fingerprint density at radius 3 is 2.62 bits per heavy atom. The van der Waals surface area contributed by atoms with Gasteiger partial charge in [-0.2, -0.15) is 0 Å². The zero-order chi connectivity index (χ0) is 19.1. The molecule has 1 fully saturated rings. The number of aliphatic hydroxyl groups excluding tert-OH is 1. The fraction of sp³-hybridized carbons (Fsp3) is 0.526. The molecule has 26 heavy (non-hydrogen) atoms. The molecule has 1 aromatic carbocycles. The Bertz CT molecular complexity index is 635. The van der Waals surface area contributed by atoms with Gasteiger partial charge < -0.3 is 15.7 Å². The molecule has 0 spiro atoms. The van der Waals surface area contributed by atoms with Crippen molar-refractivity contribution in [3.8, 4) is 0 Å². The van der Waals surface area contributed by atoms with Crippen molar-refractivity contribution in [2.75, 3.05) is 6.61 Å². The molecule has 3 N–H and O–H groups in total. The second-order valence-electron chi connectivity index (χ2n) is 6.69. The highest BCUT2D eigenvalue weighted by Crippen LogP contribution is 2.15. The molecule has 3 atom stereocenters. The van der Waals surface area contributed by atoms with Gasteiger partial charge in [0.05, 0.1) is 19.2 Å². The van der Waals surface area contributed by atoms with Gasteiger partial charge in [0.15, 0.2) is 0 Å². The molecular formula is C19H27N3O4. The van der Waals surface area contributed by atoms with Crippen LogP contribution < -0.4 is 10.6 Å². The van der Waals surface area contributed by atoms with Crippen LogP contribution in [0.15, 0.2) is 30.3 Å². The van der Waals surface area contributed by atoms with Crippen LogP contribution in [0, 0.1) is 5.92 Å². The molecule has 2 rings (SSSR count). The van der Waals surface area contributed by atoms with E-state index in [2.05, 4.69) is 10.6 Å². The topological polar surface area (TPSA) is 98.7 Å². The predicted molar refractivity (Wildman–Crippen MR) is 97.0 cm³/mol. The third-order valence-corrected chi connectivity index (χ3v) is 4.82. The van der Waals surface area contributed by atoms with Crippen molar-refractivity contribution < 1.29 is 19.5 Å². The molecule has 0 radical (unpaired) electrons. The first-order valence-electron chi connectivity index (χ1n) is 9.02. The molecule has 1 saturated heterocycles. The van der Waals surface area contributed by atoms with Gasteiger partial charge in [0.1, 0.15) is 6.04 Å². The Labute approximate surface area is 153 Å². The summed E-state index contributed by atoms with van der Waals surface area (Å²) in [5.41, 5.74) is 0.869. The quantitative estimate of drug-likeness (QED) is 0.579. The number of benzene rings is 1. The molecule has 4 amide bonds. The molecule has 0 bridgehead atoms. The lowest BCUT2D eigenvalue weighted by atomic mass is 9.99. The van der Waals surface area contributed by atoms with E-state index < -0.39 is 12.1 Å². The number of aliphatic hydroxyl groups is 1. The Kier molecular flexibility index (Phi) is 7.15. The summed E-state index contributed by atoms with van der Waals surface area (Å²) in [7, 11) is 0. The largest absolute Gasteiger partial charge is 0.394 e. The van der Waals surface area contributed by atoms with E-state index in [9.17, 15) is 19.5 Å². The Morgan fingerprint density at radius 2 is 2.00 bits per heavy atom. The van der Waals surface area contributed by atoms with E-state index >= 15 is 0 Å². The molecule has 1 heterocycles. The maximum absolute atomic E-state index is 12.4. The van der Waals surface area contributed by atoms with Gasteiger partial charge in [-0.1, -0.05) is 50.6 Å². The third-order valence-electron chi connectivity index (χ3n) is 4.82. The highest BCUT2D eigenvalue weighted by molar-refractivity contribution is 6.04. The zero-order valence-corrected chi connectivity index (χ0v) is 15.3. The number of carbonyl (C=O) groups excluding carboxylic acids is 3. The maximum atomic E-state index is 12.4. The number of hydrogen-bond donors (Lipinski definition) is 3. The van der Waals surface area contributed by atoms with Gasteiger partial charge in [-0.25, -0.2) is 4.79 Å². The first-order valence-corrected chi connectivity index (χ1v) is 9.02. The summed E-state index contributed by atoms with van der Waals surface area (Å²) < 4.78 is 0. The first kappa shape index (κ1) is 19.9. The van der Waals surface area contributed by atoms with Gasteiger partial charge in [0.2, 0.25) is 5.91 Å². The number of carbonyl (C=O) groups is 3. The van der Waals surface area contributed by atoms with Gasteiger partial charge >= 0.3 is 6.03 Å². The van der Waals surface area contributed by atoms with Crippen molar-refractivity contribution in [2.24, 2.45) is 5.92 Å². The minimum Gasteiger partial charge on any atom is -0.394 e. The molecule has 0 aliphatic carbocycles. The number of nitrogens with one attached hydrogen (secondary N) is 2. The van der Waals surface area contributed by atoms with Crippen LogP contribution >= 0.6 is 0 Å². The van der Waals surface area contributed by atoms with E-state index in [0.29, 0.717) is 0 Å². The van der Waals surface area contributed by atoms with Crippen molar-refractivity contribution in [2.45, 2.75) is 51.7 Å². The molecule has 1 aliphatic rings. The Hall–Kier alpha value is -2.41. The van der Waals surface area contributed by atoms with Crippen LogP contribution in [-0.4, -0.2) is 46.5 Å².